The summed E-state index contributed by atoms with van der Waals surface area (Å²) in [6.07, 6.45) is 6.23. The quantitative estimate of drug-likeness (QED) is 0.829. The number of nitrogens with zero attached hydrogens (tertiary/aromatic N) is 2. The minimum Gasteiger partial charge on any atom is -0.351 e. The van der Waals surface area contributed by atoms with E-state index in [1.165, 1.54) is 0 Å². The minimum atomic E-state index is -0.274. The maximum absolute atomic E-state index is 14.0. The third-order valence-corrected chi connectivity index (χ3v) is 5.15. The van der Waals surface area contributed by atoms with Crippen molar-refractivity contribution in [1.29, 1.82) is 0 Å². The van der Waals surface area contributed by atoms with Crippen molar-refractivity contribution < 1.29 is 9.18 Å². The molecule has 0 aliphatic carbocycles. The van der Waals surface area contributed by atoms with Gasteiger partial charge in [-0.05, 0) is 47.7 Å². The molecule has 3 heterocycles. The van der Waals surface area contributed by atoms with Crippen LogP contribution in [0, 0.1) is 5.82 Å². The second kappa shape index (κ2) is 6.01. The molecule has 1 amide bonds. The molecule has 114 valence electrons. The Labute approximate surface area is 132 Å². The van der Waals surface area contributed by atoms with Gasteiger partial charge in [0.15, 0.2) is 5.82 Å². The van der Waals surface area contributed by atoms with E-state index < -0.39 is 0 Å². The molecule has 2 aliphatic rings. The van der Waals surface area contributed by atoms with Crippen LogP contribution in [0.1, 0.15) is 37.7 Å². The summed E-state index contributed by atoms with van der Waals surface area (Å²) in [7, 11) is 0. The van der Waals surface area contributed by atoms with E-state index in [2.05, 4.69) is 31.1 Å². The summed E-state index contributed by atoms with van der Waals surface area (Å²) in [5.41, 5.74) is 0.656. The Morgan fingerprint density at radius 3 is 2.86 bits per heavy atom. The summed E-state index contributed by atoms with van der Waals surface area (Å²) >= 11 is 3.12. The molecule has 1 aromatic rings. The van der Waals surface area contributed by atoms with Crippen LogP contribution in [-0.2, 0) is 11.3 Å². The van der Waals surface area contributed by atoms with Gasteiger partial charge in [0.05, 0.1) is 0 Å². The molecule has 0 saturated carbocycles. The lowest BCUT2D eigenvalue weighted by molar-refractivity contribution is -0.126. The molecule has 0 bridgehead atoms. The third-order valence-electron chi connectivity index (χ3n) is 4.60. The zero-order valence-corrected chi connectivity index (χ0v) is 13.5. The van der Waals surface area contributed by atoms with E-state index in [1.807, 2.05) is 0 Å². The smallest absolute Gasteiger partial charge is 0.220 e. The predicted molar refractivity (Wildman–Crippen MR) is 81.1 cm³/mol. The van der Waals surface area contributed by atoms with Gasteiger partial charge in [-0.2, -0.15) is 0 Å². The maximum Gasteiger partial charge on any atom is 0.220 e. The van der Waals surface area contributed by atoms with E-state index in [0.29, 0.717) is 18.5 Å². The van der Waals surface area contributed by atoms with Crippen molar-refractivity contribution in [2.75, 3.05) is 13.1 Å². The molecule has 21 heavy (non-hydrogen) atoms. The molecule has 2 aliphatic heterocycles. The number of amides is 1. The molecule has 4 nitrogen and oxygen atoms in total. The lowest BCUT2D eigenvalue weighted by Gasteiger charge is -2.44. The molecule has 1 spiro atoms. The monoisotopic (exact) mass is 355 g/mol. The van der Waals surface area contributed by atoms with Gasteiger partial charge in [-0.15, -0.1) is 0 Å². The zero-order valence-electron chi connectivity index (χ0n) is 11.9. The molecule has 0 radical (unpaired) electrons. The van der Waals surface area contributed by atoms with Gasteiger partial charge in [-0.25, -0.2) is 9.37 Å². The minimum absolute atomic E-state index is 0.0107. The molecule has 3 rings (SSSR count). The van der Waals surface area contributed by atoms with E-state index in [9.17, 15) is 9.18 Å². The normalized spacial score (nSPS) is 22.3. The zero-order chi connectivity index (χ0) is 14.9. The van der Waals surface area contributed by atoms with Gasteiger partial charge < -0.3 is 5.32 Å². The van der Waals surface area contributed by atoms with Gasteiger partial charge in [0.25, 0.3) is 0 Å². The van der Waals surface area contributed by atoms with Crippen molar-refractivity contribution in [3.63, 3.8) is 0 Å². The van der Waals surface area contributed by atoms with Crippen LogP contribution in [0.25, 0.3) is 0 Å². The number of pyridine rings is 1. The van der Waals surface area contributed by atoms with Crippen molar-refractivity contribution in [1.82, 2.24) is 15.2 Å². The van der Waals surface area contributed by atoms with Crippen LogP contribution >= 0.6 is 15.9 Å². The summed E-state index contributed by atoms with van der Waals surface area (Å²) in [5.74, 6) is -0.0948. The second-order valence-electron chi connectivity index (χ2n) is 6.03. The topological polar surface area (TPSA) is 45.2 Å². The number of rotatable bonds is 2. The van der Waals surface area contributed by atoms with Crippen LogP contribution in [-0.4, -0.2) is 34.4 Å². The Balaban J connectivity index is 1.61. The Morgan fingerprint density at radius 1 is 1.38 bits per heavy atom. The number of hydrogen-bond acceptors (Lipinski definition) is 3. The number of carbonyl (C=O) groups excluding carboxylic acids is 1. The highest BCUT2D eigenvalue weighted by Gasteiger charge is 2.37. The number of carbonyl (C=O) groups is 1. The van der Waals surface area contributed by atoms with Gasteiger partial charge >= 0.3 is 0 Å². The van der Waals surface area contributed by atoms with Crippen LogP contribution < -0.4 is 5.32 Å². The summed E-state index contributed by atoms with van der Waals surface area (Å²) in [5, 5.41) is 3.18. The molecule has 2 saturated heterocycles. The van der Waals surface area contributed by atoms with Crippen molar-refractivity contribution >= 4 is 21.8 Å². The van der Waals surface area contributed by atoms with Crippen molar-refractivity contribution in [2.45, 2.75) is 44.2 Å². The SMILES string of the molecule is O=C1CCCC2(CCN(Cc3ccnc(Br)c3F)CC2)N1. The summed E-state index contributed by atoms with van der Waals surface area (Å²) in [6, 6.07) is 1.73. The maximum atomic E-state index is 14.0. The standard InChI is InChI=1S/C15H19BrFN3O/c16-14-13(17)11(3-7-18-14)10-20-8-5-15(6-9-20)4-1-2-12(21)19-15/h3,7H,1-2,4-6,8-10H2,(H,19,21). The van der Waals surface area contributed by atoms with Crippen LogP contribution in [0.3, 0.4) is 0 Å². The van der Waals surface area contributed by atoms with Gasteiger partial charge in [0.1, 0.15) is 4.60 Å². The van der Waals surface area contributed by atoms with Gasteiger partial charge in [0, 0.05) is 43.4 Å². The number of hydrogen-bond donors (Lipinski definition) is 1. The largest absolute Gasteiger partial charge is 0.351 e. The number of likely N-dealkylation sites (tertiary alicyclic amines) is 1. The highest BCUT2D eigenvalue weighted by atomic mass is 79.9. The van der Waals surface area contributed by atoms with Gasteiger partial charge in [0.2, 0.25) is 5.91 Å². The van der Waals surface area contributed by atoms with Crippen LogP contribution in [0.5, 0.6) is 0 Å². The number of nitrogens with one attached hydrogen (secondary N) is 1. The Kier molecular flexibility index (Phi) is 4.26. The summed E-state index contributed by atoms with van der Waals surface area (Å²) in [4.78, 5) is 17.7. The van der Waals surface area contributed by atoms with Crippen LogP contribution in [0.4, 0.5) is 4.39 Å². The molecule has 1 N–H and O–H groups in total. The highest BCUT2D eigenvalue weighted by molar-refractivity contribution is 9.10. The molecule has 1 aromatic heterocycles. The fraction of sp³-hybridized carbons (Fsp3) is 0.600. The van der Waals surface area contributed by atoms with E-state index in [1.54, 1.807) is 12.3 Å². The molecule has 6 heteroatoms. The fourth-order valence-electron chi connectivity index (χ4n) is 3.34. The lowest BCUT2D eigenvalue weighted by Crippen LogP contribution is -2.57. The van der Waals surface area contributed by atoms with E-state index in [4.69, 9.17) is 0 Å². The average molecular weight is 356 g/mol. The van der Waals surface area contributed by atoms with Gasteiger partial charge in [-0.1, -0.05) is 0 Å². The molecular weight excluding hydrogens is 337 g/mol. The first kappa shape index (κ1) is 14.9. The van der Waals surface area contributed by atoms with Gasteiger partial charge in [-0.3, -0.25) is 9.69 Å². The fourth-order valence-corrected chi connectivity index (χ4v) is 3.71. The molecule has 0 atom stereocenters. The first-order valence-corrected chi connectivity index (χ1v) is 8.20. The number of aromatic nitrogens is 1. The average Bonchev–Trinajstić information content (AvgIpc) is 2.46. The van der Waals surface area contributed by atoms with Crippen LogP contribution in [0.15, 0.2) is 16.9 Å². The first-order valence-electron chi connectivity index (χ1n) is 7.40. The van der Waals surface area contributed by atoms with Crippen molar-refractivity contribution in [3.8, 4) is 0 Å². The van der Waals surface area contributed by atoms with Crippen molar-refractivity contribution in [3.05, 3.63) is 28.2 Å². The predicted octanol–water partition coefficient (Wildman–Crippen LogP) is 2.62. The molecule has 0 unspecified atom stereocenters. The summed E-state index contributed by atoms with van der Waals surface area (Å²) < 4.78 is 14.2. The van der Waals surface area contributed by atoms with Crippen LogP contribution in [0.2, 0.25) is 0 Å². The molecular formula is C15H19BrFN3O. The number of piperidine rings is 2. The van der Waals surface area contributed by atoms with E-state index in [0.717, 1.165) is 38.8 Å². The van der Waals surface area contributed by atoms with E-state index >= 15 is 0 Å². The number of halogens is 2. The third kappa shape index (κ3) is 3.26. The first-order chi connectivity index (χ1) is 10.1. The second-order valence-corrected chi connectivity index (χ2v) is 6.78. The summed E-state index contributed by atoms with van der Waals surface area (Å²) in [6.45, 7) is 2.37. The Hall–Kier alpha value is -1.01. The Bertz CT molecular complexity index is 544. The van der Waals surface area contributed by atoms with E-state index in [-0.39, 0.29) is 21.9 Å². The molecule has 0 aromatic carbocycles. The Morgan fingerprint density at radius 2 is 2.14 bits per heavy atom. The molecule has 2 fully saturated rings. The lowest BCUT2D eigenvalue weighted by atomic mass is 9.80. The highest BCUT2D eigenvalue weighted by Crippen LogP contribution is 2.31. The van der Waals surface area contributed by atoms with Crippen molar-refractivity contribution in [2.24, 2.45) is 0 Å².